The Labute approximate surface area is 199 Å². The van der Waals surface area contributed by atoms with Gasteiger partial charge >= 0.3 is 11.7 Å². The summed E-state index contributed by atoms with van der Waals surface area (Å²) in [6.07, 6.45) is 1.37. The van der Waals surface area contributed by atoms with Crippen molar-refractivity contribution in [2.24, 2.45) is 5.10 Å². The third-order valence-corrected chi connectivity index (χ3v) is 4.95. The molecule has 35 heavy (non-hydrogen) atoms. The molecule has 174 valence electrons. The SMILES string of the molecule is O=C(COc1ccccc1[N+](=O)[O-])NN=Cc1c(OC(=O)c2ccccc2)ccc2ccccc12. The van der Waals surface area contributed by atoms with Crippen LogP contribution >= 0.6 is 0 Å². The molecule has 0 unspecified atom stereocenters. The maximum absolute atomic E-state index is 12.6. The van der Waals surface area contributed by atoms with Gasteiger partial charge in [-0.25, -0.2) is 10.2 Å². The highest BCUT2D eigenvalue weighted by Gasteiger charge is 2.15. The molecular weight excluding hydrogens is 450 g/mol. The number of hydrazone groups is 1. The molecule has 1 amide bonds. The lowest BCUT2D eigenvalue weighted by atomic mass is 10.0. The molecule has 0 bridgehead atoms. The summed E-state index contributed by atoms with van der Waals surface area (Å²) < 4.78 is 10.9. The first-order chi connectivity index (χ1) is 17.0. The number of para-hydroxylation sites is 2. The number of amides is 1. The maximum atomic E-state index is 12.6. The van der Waals surface area contributed by atoms with Crippen molar-refractivity contribution in [2.75, 3.05) is 6.61 Å². The van der Waals surface area contributed by atoms with Crippen molar-refractivity contribution in [3.8, 4) is 11.5 Å². The van der Waals surface area contributed by atoms with Crippen LogP contribution in [0, 0.1) is 10.1 Å². The molecule has 0 saturated carbocycles. The number of nitro groups is 1. The molecule has 0 aliphatic rings. The normalized spacial score (nSPS) is 10.7. The number of carbonyl (C=O) groups excluding carboxylic acids is 2. The van der Waals surface area contributed by atoms with Crippen LogP contribution < -0.4 is 14.9 Å². The minimum Gasteiger partial charge on any atom is -0.477 e. The quantitative estimate of drug-likeness (QED) is 0.133. The van der Waals surface area contributed by atoms with Crippen LogP contribution in [-0.4, -0.2) is 29.6 Å². The largest absolute Gasteiger partial charge is 0.477 e. The Morgan fingerprint density at radius 3 is 2.40 bits per heavy atom. The van der Waals surface area contributed by atoms with Crippen LogP contribution in [0.15, 0.2) is 96.1 Å². The number of esters is 1. The van der Waals surface area contributed by atoms with Crippen LogP contribution in [-0.2, 0) is 4.79 Å². The molecule has 1 N–H and O–H groups in total. The molecule has 0 radical (unpaired) electrons. The smallest absolute Gasteiger partial charge is 0.343 e. The summed E-state index contributed by atoms with van der Waals surface area (Å²) >= 11 is 0. The Hall–Kier alpha value is -5.05. The van der Waals surface area contributed by atoms with Gasteiger partial charge in [-0.15, -0.1) is 0 Å². The molecule has 0 aliphatic heterocycles. The lowest BCUT2D eigenvalue weighted by molar-refractivity contribution is -0.385. The van der Waals surface area contributed by atoms with Crippen LogP contribution in [0.5, 0.6) is 11.5 Å². The van der Waals surface area contributed by atoms with Crippen LogP contribution in [0.25, 0.3) is 10.8 Å². The monoisotopic (exact) mass is 469 g/mol. The first kappa shape index (κ1) is 23.1. The van der Waals surface area contributed by atoms with Crippen LogP contribution in [0.4, 0.5) is 5.69 Å². The standard InChI is InChI=1S/C26H19N3O6/c30-25(17-34-24-13-7-6-12-22(24)29(32)33)28-27-16-21-20-11-5-4-8-18(20)14-15-23(21)35-26(31)19-9-2-1-3-10-19/h1-16H,17H2,(H,28,30). The Balaban J connectivity index is 1.50. The summed E-state index contributed by atoms with van der Waals surface area (Å²) in [5.41, 5.74) is 2.96. The van der Waals surface area contributed by atoms with Gasteiger partial charge in [-0.2, -0.15) is 5.10 Å². The number of benzene rings is 4. The van der Waals surface area contributed by atoms with E-state index in [4.69, 9.17) is 9.47 Å². The lowest BCUT2D eigenvalue weighted by Gasteiger charge is -2.10. The zero-order valence-electron chi connectivity index (χ0n) is 18.3. The third-order valence-electron chi connectivity index (χ3n) is 4.95. The van der Waals surface area contributed by atoms with E-state index in [1.807, 2.05) is 30.3 Å². The predicted molar refractivity (Wildman–Crippen MR) is 130 cm³/mol. The van der Waals surface area contributed by atoms with Crippen molar-refractivity contribution in [1.29, 1.82) is 0 Å². The van der Waals surface area contributed by atoms with Crippen molar-refractivity contribution in [3.63, 3.8) is 0 Å². The van der Waals surface area contributed by atoms with Gasteiger partial charge in [0.15, 0.2) is 12.4 Å². The number of hydrogen-bond donors (Lipinski definition) is 1. The van der Waals surface area contributed by atoms with Crippen molar-refractivity contribution in [1.82, 2.24) is 5.43 Å². The van der Waals surface area contributed by atoms with Crippen LogP contribution in [0.3, 0.4) is 0 Å². The Morgan fingerprint density at radius 2 is 1.60 bits per heavy atom. The molecule has 0 aliphatic carbocycles. The Kier molecular flexibility index (Phi) is 7.08. The Morgan fingerprint density at radius 1 is 0.886 bits per heavy atom. The van der Waals surface area contributed by atoms with Gasteiger partial charge in [0.2, 0.25) is 0 Å². The molecule has 4 rings (SSSR count). The van der Waals surface area contributed by atoms with Gasteiger partial charge in [-0.05, 0) is 35.0 Å². The van der Waals surface area contributed by atoms with E-state index >= 15 is 0 Å². The highest BCUT2D eigenvalue weighted by atomic mass is 16.6. The lowest BCUT2D eigenvalue weighted by Crippen LogP contribution is -2.24. The molecule has 0 saturated heterocycles. The number of fused-ring (bicyclic) bond motifs is 1. The molecule has 4 aromatic carbocycles. The third kappa shape index (κ3) is 5.66. The van der Waals surface area contributed by atoms with E-state index in [9.17, 15) is 19.7 Å². The second-order valence-electron chi connectivity index (χ2n) is 7.26. The van der Waals surface area contributed by atoms with Crippen molar-refractivity contribution < 1.29 is 24.0 Å². The number of ether oxygens (including phenoxy) is 2. The second-order valence-corrected chi connectivity index (χ2v) is 7.26. The molecule has 9 nitrogen and oxygen atoms in total. The van der Waals surface area contributed by atoms with Crippen LogP contribution in [0.2, 0.25) is 0 Å². The maximum Gasteiger partial charge on any atom is 0.343 e. The number of nitrogens with one attached hydrogen (secondary N) is 1. The van der Waals surface area contributed by atoms with Crippen molar-refractivity contribution in [2.45, 2.75) is 0 Å². The highest BCUT2D eigenvalue weighted by molar-refractivity contribution is 6.04. The molecule has 0 spiro atoms. The molecular formula is C26H19N3O6. The fraction of sp³-hybridized carbons (Fsp3) is 0.0385. The zero-order chi connectivity index (χ0) is 24.6. The second kappa shape index (κ2) is 10.7. The molecule has 0 fully saturated rings. The van der Waals surface area contributed by atoms with Crippen molar-refractivity contribution >= 4 is 34.6 Å². The first-order valence-corrected chi connectivity index (χ1v) is 10.5. The van der Waals surface area contributed by atoms with E-state index in [0.717, 1.165) is 10.8 Å². The summed E-state index contributed by atoms with van der Waals surface area (Å²) in [5, 5.41) is 16.7. The topological polar surface area (TPSA) is 120 Å². The Bertz CT molecular complexity index is 1420. The molecule has 0 heterocycles. The number of rotatable bonds is 8. The van der Waals surface area contributed by atoms with Gasteiger partial charge in [-0.3, -0.25) is 14.9 Å². The van der Waals surface area contributed by atoms with Gasteiger partial charge < -0.3 is 9.47 Å². The predicted octanol–water partition coefficient (Wildman–Crippen LogP) is 4.50. The number of nitro benzene ring substituents is 1. The van der Waals surface area contributed by atoms with E-state index < -0.39 is 23.4 Å². The number of nitrogens with zero attached hydrogens (tertiary/aromatic N) is 2. The van der Waals surface area contributed by atoms with Gasteiger partial charge in [-0.1, -0.05) is 60.7 Å². The molecule has 0 aromatic heterocycles. The van der Waals surface area contributed by atoms with E-state index in [1.165, 1.54) is 24.4 Å². The van der Waals surface area contributed by atoms with E-state index in [2.05, 4.69) is 10.5 Å². The number of hydrogen-bond acceptors (Lipinski definition) is 7. The first-order valence-electron chi connectivity index (χ1n) is 10.5. The summed E-state index contributed by atoms with van der Waals surface area (Å²) in [5.74, 6) is -0.910. The summed E-state index contributed by atoms with van der Waals surface area (Å²) in [6.45, 7) is -0.479. The molecule has 0 atom stereocenters. The fourth-order valence-electron chi connectivity index (χ4n) is 3.31. The minimum absolute atomic E-state index is 0.0270. The van der Waals surface area contributed by atoms with Gasteiger partial charge in [0.25, 0.3) is 5.91 Å². The minimum atomic E-state index is -0.623. The molecule has 4 aromatic rings. The molecule has 9 heteroatoms. The summed E-state index contributed by atoms with van der Waals surface area (Å²) in [4.78, 5) is 35.2. The number of carbonyl (C=O) groups is 2. The van der Waals surface area contributed by atoms with Gasteiger partial charge in [0.1, 0.15) is 5.75 Å². The highest BCUT2D eigenvalue weighted by Crippen LogP contribution is 2.28. The van der Waals surface area contributed by atoms with E-state index in [0.29, 0.717) is 11.1 Å². The fourth-order valence-corrected chi connectivity index (χ4v) is 3.31. The van der Waals surface area contributed by atoms with E-state index in [-0.39, 0.29) is 17.2 Å². The van der Waals surface area contributed by atoms with Crippen molar-refractivity contribution in [3.05, 3.63) is 112 Å². The van der Waals surface area contributed by atoms with Gasteiger partial charge in [0, 0.05) is 11.6 Å². The van der Waals surface area contributed by atoms with Crippen LogP contribution in [0.1, 0.15) is 15.9 Å². The summed E-state index contributed by atoms with van der Waals surface area (Å²) in [7, 11) is 0. The average molecular weight is 469 g/mol. The summed E-state index contributed by atoms with van der Waals surface area (Å²) in [6, 6.07) is 25.2. The zero-order valence-corrected chi connectivity index (χ0v) is 18.3. The van der Waals surface area contributed by atoms with Gasteiger partial charge in [0.05, 0.1) is 16.7 Å². The average Bonchev–Trinajstić information content (AvgIpc) is 2.89. The van der Waals surface area contributed by atoms with E-state index in [1.54, 1.807) is 42.5 Å².